The summed E-state index contributed by atoms with van der Waals surface area (Å²) in [5.74, 6) is 0.469. The Hall–Kier alpha value is -2.22. The predicted octanol–water partition coefficient (Wildman–Crippen LogP) is 0.359. The van der Waals surface area contributed by atoms with E-state index in [9.17, 15) is 4.79 Å². The van der Waals surface area contributed by atoms with Crippen molar-refractivity contribution >= 4 is 28.2 Å². The molecule has 8 heteroatoms. The van der Waals surface area contributed by atoms with Gasteiger partial charge in [0.15, 0.2) is 10.9 Å². The number of rotatable bonds is 3. The molecule has 0 spiro atoms. The van der Waals surface area contributed by atoms with Crippen LogP contribution in [0.3, 0.4) is 0 Å². The SMILES string of the molecule is NC(=O)c1cnc(N2CCN(c3cccnn3)CC2)s1. The van der Waals surface area contributed by atoms with E-state index in [1.165, 1.54) is 17.5 Å². The summed E-state index contributed by atoms with van der Waals surface area (Å²) in [5, 5.41) is 8.85. The van der Waals surface area contributed by atoms with Crippen LogP contribution in [0.4, 0.5) is 10.9 Å². The lowest BCUT2D eigenvalue weighted by molar-refractivity contribution is 0.100. The van der Waals surface area contributed by atoms with Crippen molar-refractivity contribution < 1.29 is 4.79 Å². The Morgan fingerprint density at radius 1 is 1.25 bits per heavy atom. The molecule has 1 fully saturated rings. The quantitative estimate of drug-likeness (QED) is 0.878. The zero-order valence-corrected chi connectivity index (χ0v) is 11.6. The van der Waals surface area contributed by atoms with E-state index in [0.717, 1.165) is 37.1 Å². The van der Waals surface area contributed by atoms with Gasteiger partial charge in [-0.2, -0.15) is 5.10 Å². The second-order valence-corrected chi connectivity index (χ2v) is 5.44. The first kappa shape index (κ1) is 12.8. The largest absolute Gasteiger partial charge is 0.365 e. The Kier molecular flexibility index (Phi) is 3.46. The fourth-order valence-electron chi connectivity index (χ4n) is 2.11. The first-order valence-corrected chi connectivity index (χ1v) is 7.09. The van der Waals surface area contributed by atoms with Crippen molar-refractivity contribution in [3.8, 4) is 0 Å². The molecule has 2 aromatic heterocycles. The van der Waals surface area contributed by atoms with E-state index in [1.54, 1.807) is 6.20 Å². The molecule has 1 amide bonds. The molecule has 0 radical (unpaired) electrons. The highest BCUT2D eigenvalue weighted by atomic mass is 32.1. The summed E-state index contributed by atoms with van der Waals surface area (Å²) in [6.07, 6.45) is 3.21. The van der Waals surface area contributed by atoms with Gasteiger partial charge in [-0.15, -0.1) is 5.10 Å². The summed E-state index contributed by atoms with van der Waals surface area (Å²) >= 11 is 1.34. The standard InChI is InChI=1S/C12H14N6OS/c13-11(19)9-8-14-12(20-9)18-6-4-17(5-7-18)10-2-1-3-15-16-10/h1-3,8H,4-7H2,(H2,13,19). The minimum atomic E-state index is -0.424. The number of nitrogens with zero attached hydrogens (tertiary/aromatic N) is 5. The van der Waals surface area contributed by atoms with Gasteiger partial charge in [0.25, 0.3) is 5.91 Å². The lowest BCUT2D eigenvalue weighted by atomic mass is 10.3. The molecule has 3 heterocycles. The van der Waals surface area contributed by atoms with E-state index < -0.39 is 5.91 Å². The molecular formula is C12H14N6OS. The minimum absolute atomic E-state index is 0.424. The van der Waals surface area contributed by atoms with Crippen LogP contribution in [0.1, 0.15) is 9.67 Å². The Morgan fingerprint density at radius 2 is 2.00 bits per heavy atom. The van der Waals surface area contributed by atoms with Crippen LogP contribution in [-0.4, -0.2) is 47.3 Å². The lowest BCUT2D eigenvalue weighted by Gasteiger charge is -2.34. The highest BCUT2D eigenvalue weighted by Crippen LogP contribution is 2.24. The molecule has 2 aromatic rings. The monoisotopic (exact) mass is 290 g/mol. The molecular weight excluding hydrogens is 276 g/mol. The van der Waals surface area contributed by atoms with Crippen LogP contribution in [0.25, 0.3) is 0 Å². The number of thiazole rings is 1. The van der Waals surface area contributed by atoms with Crippen molar-refractivity contribution in [1.29, 1.82) is 0 Å². The number of carbonyl (C=O) groups excluding carboxylic acids is 1. The van der Waals surface area contributed by atoms with Gasteiger partial charge in [-0.05, 0) is 12.1 Å². The fourth-order valence-corrected chi connectivity index (χ4v) is 2.93. The molecule has 0 atom stereocenters. The summed E-state index contributed by atoms with van der Waals surface area (Å²) in [4.78, 5) is 20.2. The topological polar surface area (TPSA) is 88.2 Å². The van der Waals surface area contributed by atoms with Crippen molar-refractivity contribution in [2.45, 2.75) is 0 Å². The second-order valence-electron chi connectivity index (χ2n) is 4.43. The molecule has 1 aliphatic heterocycles. The average molecular weight is 290 g/mol. The van der Waals surface area contributed by atoms with E-state index in [4.69, 9.17) is 5.73 Å². The lowest BCUT2D eigenvalue weighted by Crippen LogP contribution is -2.46. The van der Waals surface area contributed by atoms with Gasteiger partial charge < -0.3 is 15.5 Å². The molecule has 1 aliphatic rings. The molecule has 104 valence electrons. The third kappa shape index (κ3) is 2.55. The number of piperazine rings is 1. The maximum absolute atomic E-state index is 11.1. The van der Waals surface area contributed by atoms with Crippen LogP contribution < -0.4 is 15.5 Å². The first-order chi connectivity index (χ1) is 9.74. The second kappa shape index (κ2) is 5.41. The fraction of sp³-hybridized carbons (Fsp3) is 0.333. The minimum Gasteiger partial charge on any atom is -0.365 e. The number of hydrogen-bond acceptors (Lipinski definition) is 7. The number of primary amides is 1. The number of nitrogens with two attached hydrogens (primary N) is 1. The summed E-state index contributed by atoms with van der Waals surface area (Å²) in [6, 6.07) is 3.84. The van der Waals surface area contributed by atoms with Gasteiger partial charge in [0.05, 0.1) is 6.20 Å². The number of amides is 1. The van der Waals surface area contributed by atoms with Crippen molar-refractivity contribution in [2.24, 2.45) is 5.73 Å². The highest BCUT2D eigenvalue weighted by molar-refractivity contribution is 7.17. The number of hydrogen-bond donors (Lipinski definition) is 1. The molecule has 0 aromatic carbocycles. The Balaban J connectivity index is 1.65. The number of aromatic nitrogens is 3. The highest BCUT2D eigenvalue weighted by Gasteiger charge is 2.21. The number of anilines is 2. The Morgan fingerprint density at radius 3 is 2.60 bits per heavy atom. The maximum atomic E-state index is 11.1. The van der Waals surface area contributed by atoms with Crippen molar-refractivity contribution in [2.75, 3.05) is 36.0 Å². The van der Waals surface area contributed by atoms with Gasteiger partial charge in [0.2, 0.25) is 0 Å². The average Bonchev–Trinajstić information content (AvgIpc) is 2.98. The van der Waals surface area contributed by atoms with Crippen LogP contribution in [0, 0.1) is 0 Å². The van der Waals surface area contributed by atoms with Crippen LogP contribution >= 0.6 is 11.3 Å². The third-order valence-electron chi connectivity index (χ3n) is 3.17. The van der Waals surface area contributed by atoms with Gasteiger partial charge in [0, 0.05) is 32.4 Å². The predicted molar refractivity (Wildman–Crippen MR) is 77.1 cm³/mol. The normalized spacial score (nSPS) is 15.4. The third-order valence-corrected chi connectivity index (χ3v) is 4.24. The molecule has 0 unspecified atom stereocenters. The van der Waals surface area contributed by atoms with Gasteiger partial charge in [-0.25, -0.2) is 4.98 Å². The van der Waals surface area contributed by atoms with E-state index >= 15 is 0 Å². The van der Waals surface area contributed by atoms with E-state index in [2.05, 4.69) is 25.0 Å². The van der Waals surface area contributed by atoms with Crippen LogP contribution in [0.15, 0.2) is 24.5 Å². The number of carbonyl (C=O) groups is 1. The summed E-state index contributed by atoms with van der Waals surface area (Å²) in [6.45, 7) is 3.37. The Bertz CT molecular complexity index is 593. The van der Waals surface area contributed by atoms with Gasteiger partial charge in [-0.3, -0.25) is 4.79 Å². The Labute approximate surface area is 120 Å². The first-order valence-electron chi connectivity index (χ1n) is 6.27. The zero-order valence-electron chi connectivity index (χ0n) is 10.8. The molecule has 1 saturated heterocycles. The van der Waals surface area contributed by atoms with E-state index in [-0.39, 0.29) is 0 Å². The molecule has 20 heavy (non-hydrogen) atoms. The molecule has 7 nitrogen and oxygen atoms in total. The summed E-state index contributed by atoms with van der Waals surface area (Å²) in [7, 11) is 0. The van der Waals surface area contributed by atoms with Crippen LogP contribution in [0.5, 0.6) is 0 Å². The zero-order chi connectivity index (χ0) is 13.9. The summed E-state index contributed by atoms with van der Waals surface area (Å²) in [5.41, 5.74) is 5.24. The van der Waals surface area contributed by atoms with Crippen molar-refractivity contribution in [1.82, 2.24) is 15.2 Å². The van der Waals surface area contributed by atoms with Crippen molar-refractivity contribution in [3.63, 3.8) is 0 Å². The van der Waals surface area contributed by atoms with Crippen LogP contribution in [0.2, 0.25) is 0 Å². The van der Waals surface area contributed by atoms with Gasteiger partial charge >= 0.3 is 0 Å². The summed E-state index contributed by atoms with van der Waals surface area (Å²) < 4.78 is 0. The van der Waals surface area contributed by atoms with Crippen molar-refractivity contribution in [3.05, 3.63) is 29.4 Å². The van der Waals surface area contributed by atoms with Gasteiger partial charge in [0.1, 0.15) is 4.88 Å². The molecule has 0 saturated carbocycles. The molecule has 0 aliphatic carbocycles. The maximum Gasteiger partial charge on any atom is 0.260 e. The van der Waals surface area contributed by atoms with E-state index in [1.807, 2.05) is 12.1 Å². The molecule has 2 N–H and O–H groups in total. The molecule has 0 bridgehead atoms. The smallest absolute Gasteiger partial charge is 0.260 e. The van der Waals surface area contributed by atoms with Gasteiger partial charge in [-0.1, -0.05) is 11.3 Å². The molecule has 3 rings (SSSR count). The van der Waals surface area contributed by atoms with Crippen LogP contribution in [-0.2, 0) is 0 Å². The van der Waals surface area contributed by atoms with E-state index in [0.29, 0.717) is 4.88 Å².